The van der Waals surface area contributed by atoms with Crippen molar-refractivity contribution in [3.05, 3.63) is 30.1 Å². The monoisotopic (exact) mass is 413 g/mol. The molecule has 0 bridgehead atoms. The van der Waals surface area contributed by atoms with E-state index in [0.29, 0.717) is 26.2 Å². The highest BCUT2D eigenvalue weighted by Crippen LogP contribution is 2.18. The first-order valence-electron chi connectivity index (χ1n) is 10.1. The van der Waals surface area contributed by atoms with Gasteiger partial charge in [-0.1, -0.05) is 38.7 Å². The number of halogens is 1. The fourth-order valence-corrected chi connectivity index (χ4v) is 4.83. The molecular formula is C20H32FN3O3S. The third kappa shape index (κ3) is 6.83. The van der Waals surface area contributed by atoms with Crippen LogP contribution in [0.2, 0.25) is 0 Å². The second-order valence-corrected chi connectivity index (χ2v) is 9.39. The third-order valence-electron chi connectivity index (χ3n) is 5.03. The van der Waals surface area contributed by atoms with Gasteiger partial charge in [0, 0.05) is 32.2 Å². The highest BCUT2D eigenvalue weighted by atomic mass is 32.2. The van der Waals surface area contributed by atoms with Crippen LogP contribution in [0.25, 0.3) is 0 Å². The fourth-order valence-electron chi connectivity index (χ4n) is 3.38. The van der Waals surface area contributed by atoms with Gasteiger partial charge >= 0.3 is 0 Å². The standard InChI is InChI=1S/C20H32FN3O3S/c1-3-4-5-6-8-17(2)22-20(25)16-23-11-13-24(14-12-23)28(26,27)19-10-7-9-18(21)15-19/h7,9-10,15,17H,3-6,8,11-14,16H2,1-2H3,(H,22,25)/t17-/m0/s1. The maximum atomic E-state index is 13.4. The average Bonchev–Trinajstić information content (AvgIpc) is 2.65. The quantitative estimate of drug-likeness (QED) is 0.599. The second kappa shape index (κ2) is 10.9. The largest absolute Gasteiger partial charge is 0.353 e. The van der Waals surface area contributed by atoms with E-state index in [9.17, 15) is 17.6 Å². The van der Waals surface area contributed by atoms with E-state index in [1.54, 1.807) is 0 Å². The lowest BCUT2D eigenvalue weighted by Crippen LogP contribution is -2.51. The summed E-state index contributed by atoms with van der Waals surface area (Å²) in [5, 5.41) is 3.02. The van der Waals surface area contributed by atoms with Crippen LogP contribution >= 0.6 is 0 Å². The first-order valence-corrected chi connectivity index (χ1v) is 11.5. The van der Waals surface area contributed by atoms with E-state index >= 15 is 0 Å². The Morgan fingerprint density at radius 2 is 1.89 bits per heavy atom. The highest BCUT2D eigenvalue weighted by Gasteiger charge is 2.29. The molecule has 8 heteroatoms. The summed E-state index contributed by atoms with van der Waals surface area (Å²) in [5.74, 6) is -0.593. The van der Waals surface area contributed by atoms with E-state index in [2.05, 4.69) is 12.2 Å². The average molecular weight is 414 g/mol. The molecule has 1 fully saturated rings. The molecule has 1 N–H and O–H groups in total. The van der Waals surface area contributed by atoms with E-state index in [0.717, 1.165) is 18.9 Å². The Hall–Kier alpha value is -1.51. The fraction of sp³-hybridized carbons (Fsp3) is 0.650. The molecule has 1 saturated heterocycles. The molecule has 0 spiro atoms. The van der Waals surface area contributed by atoms with Gasteiger partial charge in [0.25, 0.3) is 0 Å². The van der Waals surface area contributed by atoms with Gasteiger partial charge in [-0.15, -0.1) is 0 Å². The van der Waals surface area contributed by atoms with Crippen LogP contribution in [0.3, 0.4) is 0 Å². The van der Waals surface area contributed by atoms with Crippen molar-refractivity contribution in [1.82, 2.24) is 14.5 Å². The number of piperazine rings is 1. The number of hydrogen-bond donors (Lipinski definition) is 1. The molecule has 1 aromatic rings. The summed E-state index contributed by atoms with van der Waals surface area (Å²) in [5.41, 5.74) is 0. The van der Waals surface area contributed by atoms with E-state index < -0.39 is 15.8 Å². The maximum Gasteiger partial charge on any atom is 0.243 e. The van der Waals surface area contributed by atoms with Gasteiger partial charge in [-0.05, 0) is 31.5 Å². The molecule has 28 heavy (non-hydrogen) atoms. The number of nitrogens with zero attached hydrogens (tertiary/aromatic N) is 2. The molecule has 0 aliphatic carbocycles. The van der Waals surface area contributed by atoms with E-state index in [1.807, 2.05) is 11.8 Å². The number of nitrogens with one attached hydrogen (secondary N) is 1. The first kappa shape index (κ1) is 22.8. The van der Waals surface area contributed by atoms with Gasteiger partial charge < -0.3 is 5.32 Å². The SMILES string of the molecule is CCCCCC[C@H](C)NC(=O)CN1CCN(S(=O)(=O)c2cccc(F)c2)CC1. The molecule has 0 saturated carbocycles. The van der Waals surface area contributed by atoms with Crippen molar-refractivity contribution in [1.29, 1.82) is 0 Å². The van der Waals surface area contributed by atoms with Crippen LogP contribution in [-0.2, 0) is 14.8 Å². The van der Waals surface area contributed by atoms with Crippen molar-refractivity contribution in [2.24, 2.45) is 0 Å². The third-order valence-corrected chi connectivity index (χ3v) is 6.93. The molecule has 2 rings (SSSR count). The Kier molecular flexibility index (Phi) is 8.85. The highest BCUT2D eigenvalue weighted by molar-refractivity contribution is 7.89. The Bertz CT molecular complexity index is 734. The lowest BCUT2D eigenvalue weighted by Gasteiger charge is -2.33. The summed E-state index contributed by atoms with van der Waals surface area (Å²) in [4.78, 5) is 14.1. The number of rotatable bonds is 10. The van der Waals surface area contributed by atoms with Crippen LogP contribution in [0.15, 0.2) is 29.2 Å². The molecule has 1 aromatic carbocycles. The number of hydrogen-bond acceptors (Lipinski definition) is 4. The van der Waals surface area contributed by atoms with Crippen LogP contribution in [0, 0.1) is 5.82 Å². The molecule has 0 aromatic heterocycles. The second-order valence-electron chi connectivity index (χ2n) is 7.46. The number of carbonyl (C=O) groups excluding carboxylic acids is 1. The molecule has 1 aliphatic heterocycles. The maximum absolute atomic E-state index is 13.4. The number of sulfonamides is 1. The Balaban J connectivity index is 1.76. The minimum atomic E-state index is -3.70. The van der Waals surface area contributed by atoms with E-state index in [4.69, 9.17) is 0 Å². The van der Waals surface area contributed by atoms with Gasteiger partial charge in [0.05, 0.1) is 11.4 Å². The summed E-state index contributed by atoms with van der Waals surface area (Å²) in [6.45, 7) is 6.01. The topological polar surface area (TPSA) is 69.7 Å². The molecule has 1 heterocycles. The van der Waals surface area contributed by atoms with Crippen molar-refractivity contribution in [2.75, 3.05) is 32.7 Å². The van der Waals surface area contributed by atoms with Crippen LogP contribution in [0.4, 0.5) is 4.39 Å². The van der Waals surface area contributed by atoms with Gasteiger partial charge in [0.2, 0.25) is 15.9 Å². The van der Waals surface area contributed by atoms with Crippen LogP contribution in [0.5, 0.6) is 0 Å². The van der Waals surface area contributed by atoms with Crippen LogP contribution < -0.4 is 5.32 Å². The lowest BCUT2D eigenvalue weighted by molar-refractivity contribution is -0.123. The zero-order valence-corrected chi connectivity index (χ0v) is 17.7. The Morgan fingerprint density at radius 3 is 2.54 bits per heavy atom. The Morgan fingerprint density at radius 1 is 1.18 bits per heavy atom. The molecular weight excluding hydrogens is 381 g/mol. The molecule has 6 nitrogen and oxygen atoms in total. The number of unbranched alkanes of at least 4 members (excludes halogenated alkanes) is 3. The normalized spacial score (nSPS) is 17.4. The van der Waals surface area contributed by atoms with Crippen molar-refractivity contribution in [3.63, 3.8) is 0 Å². The van der Waals surface area contributed by atoms with Gasteiger partial charge in [0.15, 0.2) is 0 Å². The predicted molar refractivity (Wildman–Crippen MR) is 108 cm³/mol. The number of amides is 1. The molecule has 1 aliphatic rings. The van der Waals surface area contributed by atoms with Crippen molar-refractivity contribution < 1.29 is 17.6 Å². The van der Waals surface area contributed by atoms with Crippen LogP contribution in [0.1, 0.15) is 46.0 Å². The Labute approximate surface area is 168 Å². The summed E-state index contributed by atoms with van der Waals surface area (Å²) >= 11 is 0. The summed E-state index contributed by atoms with van der Waals surface area (Å²) in [6.07, 6.45) is 5.71. The molecule has 0 radical (unpaired) electrons. The van der Waals surface area contributed by atoms with Gasteiger partial charge in [-0.2, -0.15) is 4.31 Å². The molecule has 1 atom stereocenters. The van der Waals surface area contributed by atoms with Crippen molar-refractivity contribution in [2.45, 2.75) is 56.9 Å². The van der Waals surface area contributed by atoms with Crippen LogP contribution in [-0.4, -0.2) is 62.3 Å². The van der Waals surface area contributed by atoms with E-state index in [-0.39, 0.29) is 23.4 Å². The number of carbonyl (C=O) groups is 1. The predicted octanol–water partition coefficient (Wildman–Crippen LogP) is 2.61. The smallest absolute Gasteiger partial charge is 0.243 e. The van der Waals surface area contributed by atoms with Crippen molar-refractivity contribution >= 4 is 15.9 Å². The minimum Gasteiger partial charge on any atom is -0.353 e. The molecule has 158 valence electrons. The minimum absolute atomic E-state index is 0.0237. The molecule has 1 amide bonds. The zero-order valence-electron chi connectivity index (χ0n) is 16.9. The summed E-state index contributed by atoms with van der Waals surface area (Å²) in [6, 6.07) is 5.21. The number of benzene rings is 1. The molecule has 0 unspecified atom stereocenters. The van der Waals surface area contributed by atoms with Gasteiger partial charge in [-0.3, -0.25) is 9.69 Å². The summed E-state index contributed by atoms with van der Waals surface area (Å²) < 4.78 is 40.0. The van der Waals surface area contributed by atoms with Gasteiger partial charge in [0.1, 0.15) is 5.82 Å². The van der Waals surface area contributed by atoms with Crippen molar-refractivity contribution in [3.8, 4) is 0 Å². The van der Waals surface area contributed by atoms with E-state index in [1.165, 1.54) is 41.8 Å². The zero-order chi connectivity index (χ0) is 20.6. The lowest BCUT2D eigenvalue weighted by atomic mass is 10.1. The summed E-state index contributed by atoms with van der Waals surface area (Å²) in [7, 11) is -3.70. The van der Waals surface area contributed by atoms with Gasteiger partial charge in [-0.25, -0.2) is 12.8 Å². The first-order chi connectivity index (χ1) is 13.3.